The van der Waals surface area contributed by atoms with Gasteiger partial charge in [0.1, 0.15) is 11.6 Å². The maximum atomic E-state index is 13.0. The van der Waals surface area contributed by atoms with E-state index in [1.165, 1.54) is 23.1 Å². The number of ketones is 2. The van der Waals surface area contributed by atoms with Crippen LogP contribution in [0.3, 0.4) is 0 Å². The van der Waals surface area contributed by atoms with Crippen molar-refractivity contribution >= 4 is 44.3 Å². The Bertz CT molecular complexity index is 1190. The molecule has 140 valence electrons. The van der Waals surface area contributed by atoms with Crippen LogP contribution in [-0.4, -0.2) is 46.6 Å². The largest absolute Gasteiger partial charge is 0.505 e. The smallest absolute Gasteiger partial charge is 0.253 e. The van der Waals surface area contributed by atoms with Crippen molar-refractivity contribution in [1.82, 2.24) is 9.88 Å². The first-order valence-corrected chi connectivity index (χ1v) is 9.31. The molecule has 0 radical (unpaired) electrons. The first kappa shape index (κ1) is 18.3. The Morgan fingerprint density at radius 1 is 1.07 bits per heavy atom. The van der Waals surface area contributed by atoms with Crippen molar-refractivity contribution in [2.45, 2.75) is 5.92 Å². The molecule has 1 atom stereocenters. The van der Waals surface area contributed by atoms with Gasteiger partial charge in [-0.05, 0) is 40.2 Å². The molecule has 1 N–H and O–H groups in total. The third kappa shape index (κ3) is 2.62. The van der Waals surface area contributed by atoms with Crippen molar-refractivity contribution in [2.24, 2.45) is 0 Å². The van der Waals surface area contributed by atoms with Crippen LogP contribution in [0.25, 0.3) is 10.9 Å². The van der Waals surface area contributed by atoms with Gasteiger partial charge in [-0.1, -0.05) is 18.2 Å². The molecule has 4 rings (SSSR count). The van der Waals surface area contributed by atoms with Gasteiger partial charge in [-0.25, -0.2) is 4.98 Å². The molecule has 3 aromatic rings. The molecular weight excluding hydrogens is 424 g/mol. The third-order valence-electron chi connectivity index (χ3n) is 4.83. The number of carbonyl (C=O) groups excluding carboxylic acids is 3. The zero-order chi connectivity index (χ0) is 20.2. The number of fused-ring (bicyclic) bond motifs is 2. The molecule has 7 heteroatoms. The summed E-state index contributed by atoms with van der Waals surface area (Å²) in [6.07, 6.45) is 0. The van der Waals surface area contributed by atoms with Crippen molar-refractivity contribution in [3.05, 3.63) is 69.3 Å². The summed E-state index contributed by atoms with van der Waals surface area (Å²) in [5.41, 5.74) is 1.30. The topological polar surface area (TPSA) is 87.6 Å². The number of halogens is 1. The number of para-hydroxylation sites is 1. The highest BCUT2D eigenvalue weighted by molar-refractivity contribution is 9.10. The van der Waals surface area contributed by atoms with Crippen molar-refractivity contribution in [3.63, 3.8) is 0 Å². The average molecular weight is 439 g/mol. The summed E-state index contributed by atoms with van der Waals surface area (Å²) in [5, 5.41) is 11.3. The van der Waals surface area contributed by atoms with Crippen LogP contribution >= 0.6 is 15.9 Å². The summed E-state index contributed by atoms with van der Waals surface area (Å²) in [5.74, 6) is -2.64. The number of rotatable bonds is 2. The van der Waals surface area contributed by atoms with Crippen LogP contribution in [0.4, 0.5) is 0 Å². The summed E-state index contributed by atoms with van der Waals surface area (Å²) in [4.78, 5) is 44.0. The quantitative estimate of drug-likeness (QED) is 0.617. The lowest BCUT2D eigenvalue weighted by molar-refractivity contribution is 0.0826. The van der Waals surface area contributed by atoms with Crippen molar-refractivity contribution in [1.29, 1.82) is 0 Å². The number of aromatic hydroxyl groups is 1. The molecule has 1 aromatic heterocycles. The lowest BCUT2D eigenvalue weighted by Crippen LogP contribution is -2.21. The van der Waals surface area contributed by atoms with Crippen LogP contribution in [0.15, 0.2) is 46.9 Å². The lowest BCUT2D eigenvalue weighted by atomic mass is 9.97. The number of nitrogens with zero attached hydrogens (tertiary/aromatic N) is 2. The minimum absolute atomic E-state index is 0.0114. The molecule has 1 heterocycles. The van der Waals surface area contributed by atoms with Gasteiger partial charge in [-0.3, -0.25) is 14.4 Å². The Hall–Kier alpha value is -3.06. The second kappa shape index (κ2) is 6.53. The molecule has 1 unspecified atom stereocenters. The number of Topliss-reactive ketones (excluding diaryl/α,β-unsaturated/α-hetero) is 2. The molecule has 0 saturated heterocycles. The van der Waals surface area contributed by atoms with Gasteiger partial charge in [-0.2, -0.15) is 0 Å². The number of hydrogen-bond donors (Lipinski definition) is 1. The van der Waals surface area contributed by atoms with Crippen molar-refractivity contribution in [3.8, 4) is 5.75 Å². The Balaban J connectivity index is 1.85. The average Bonchev–Trinajstić information content (AvgIpc) is 2.94. The zero-order valence-corrected chi connectivity index (χ0v) is 16.6. The maximum absolute atomic E-state index is 13.0. The predicted octanol–water partition coefficient (Wildman–Crippen LogP) is 3.57. The third-order valence-corrected chi connectivity index (χ3v) is 5.64. The number of amides is 1. The summed E-state index contributed by atoms with van der Waals surface area (Å²) in [7, 11) is 3.22. The van der Waals surface area contributed by atoms with E-state index >= 15 is 0 Å². The van der Waals surface area contributed by atoms with E-state index in [4.69, 9.17) is 0 Å². The van der Waals surface area contributed by atoms with Crippen molar-refractivity contribution < 1.29 is 19.5 Å². The molecule has 0 spiro atoms. The second-order valence-corrected chi connectivity index (χ2v) is 7.59. The number of carbonyl (C=O) groups is 3. The first-order chi connectivity index (χ1) is 13.3. The van der Waals surface area contributed by atoms with Crippen LogP contribution in [0, 0.1) is 0 Å². The Morgan fingerprint density at radius 2 is 1.75 bits per heavy atom. The lowest BCUT2D eigenvalue weighted by Gasteiger charge is -2.12. The van der Waals surface area contributed by atoms with Crippen LogP contribution < -0.4 is 0 Å². The molecule has 1 amide bonds. The van der Waals surface area contributed by atoms with E-state index in [0.717, 1.165) is 0 Å². The molecule has 0 bridgehead atoms. The van der Waals surface area contributed by atoms with E-state index in [0.29, 0.717) is 20.9 Å². The monoisotopic (exact) mass is 438 g/mol. The van der Waals surface area contributed by atoms with Gasteiger partial charge < -0.3 is 10.0 Å². The van der Waals surface area contributed by atoms with E-state index in [1.54, 1.807) is 38.4 Å². The van der Waals surface area contributed by atoms with Gasteiger partial charge in [-0.15, -0.1) is 0 Å². The van der Waals surface area contributed by atoms with Crippen LogP contribution in [0.1, 0.15) is 42.7 Å². The number of benzene rings is 2. The summed E-state index contributed by atoms with van der Waals surface area (Å²) in [6, 6.07) is 11.6. The van der Waals surface area contributed by atoms with Crippen LogP contribution in [0.2, 0.25) is 0 Å². The normalized spacial score (nSPS) is 15.8. The SMILES string of the molecule is CN(C)C(=O)c1ccc2c(c1)C(=O)C(c1nc3ccccc3c(Br)c1O)C2=O. The zero-order valence-electron chi connectivity index (χ0n) is 15.1. The Kier molecular flexibility index (Phi) is 4.27. The molecule has 6 nitrogen and oxygen atoms in total. The predicted molar refractivity (Wildman–Crippen MR) is 107 cm³/mol. The van der Waals surface area contributed by atoms with E-state index in [-0.39, 0.29) is 28.5 Å². The van der Waals surface area contributed by atoms with Gasteiger partial charge in [0, 0.05) is 36.2 Å². The first-order valence-electron chi connectivity index (χ1n) is 8.52. The number of hydrogen-bond acceptors (Lipinski definition) is 5. The van der Waals surface area contributed by atoms with Gasteiger partial charge in [0.05, 0.1) is 9.99 Å². The van der Waals surface area contributed by atoms with Gasteiger partial charge >= 0.3 is 0 Å². The van der Waals surface area contributed by atoms with Gasteiger partial charge in [0.25, 0.3) is 5.91 Å². The molecule has 1 aliphatic rings. The molecule has 0 aliphatic heterocycles. The van der Waals surface area contributed by atoms with E-state index < -0.39 is 17.5 Å². The van der Waals surface area contributed by atoms with E-state index in [2.05, 4.69) is 20.9 Å². The van der Waals surface area contributed by atoms with Gasteiger partial charge in [0.2, 0.25) is 0 Å². The summed E-state index contributed by atoms with van der Waals surface area (Å²) >= 11 is 3.34. The number of aromatic nitrogens is 1. The minimum atomic E-state index is -1.24. The molecule has 28 heavy (non-hydrogen) atoms. The van der Waals surface area contributed by atoms with E-state index in [9.17, 15) is 19.5 Å². The summed E-state index contributed by atoms with van der Waals surface area (Å²) in [6.45, 7) is 0. The highest BCUT2D eigenvalue weighted by Gasteiger charge is 2.42. The van der Waals surface area contributed by atoms with Crippen LogP contribution in [0.5, 0.6) is 5.75 Å². The molecule has 0 fully saturated rings. The fourth-order valence-corrected chi connectivity index (χ4v) is 3.95. The molecular formula is C21H15BrN2O4. The Labute approximate surface area is 168 Å². The van der Waals surface area contributed by atoms with Crippen LogP contribution in [-0.2, 0) is 0 Å². The molecule has 0 saturated carbocycles. The second-order valence-electron chi connectivity index (χ2n) is 6.80. The van der Waals surface area contributed by atoms with Crippen molar-refractivity contribution in [2.75, 3.05) is 14.1 Å². The highest BCUT2D eigenvalue weighted by Crippen LogP contribution is 2.42. The maximum Gasteiger partial charge on any atom is 0.253 e. The fraction of sp³-hybridized carbons (Fsp3) is 0.143. The number of pyridine rings is 1. The Morgan fingerprint density at radius 3 is 2.46 bits per heavy atom. The molecule has 2 aromatic carbocycles. The highest BCUT2D eigenvalue weighted by atomic mass is 79.9. The fourth-order valence-electron chi connectivity index (χ4n) is 3.41. The minimum Gasteiger partial charge on any atom is -0.505 e. The van der Waals surface area contributed by atoms with E-state index in [1.807, 2.05) is 0 Å². The molecule has 1 aliphatic carbocycles. The standard InChI is InChI=1S/C21H15BrN2O4/c1-24(2)21(28)10-7-8-11-13(9-10)19(26)15(18(11)25)17-20(27)16(22)12-5-3-4-6-14(12)23-17/h3-9,15,27H,1-2H3. The summed E-state index contributed by atoms with van der Waals surface area (Å²) < 4.78 is 0.383. The van der Waals surface area contributed by atoms with Gasteiger partial charge in [0.15, 0.2) is 17.3 Å².